The molecule has 2 amide bonds. The number of hydrogen-bond donors (Lipinski definition) is 2. The molecule has 0 radical (unpaired) electrons. The van der Waals surface area contributed by atoms with E-state index < -0.39 is 0 Å². The molecular weight excluding hydrogens is 316 g/mol. The van der Waals surface area contributed by atoms with Gasteiger partial charge in [-0.3, -0.25) is 9.59 Å². The Hall–Kier alpha value is -2.53. The number of halogens is 1. The Morgan fingerprint density at radius 1 is 1.09 bits per heavy atom. The molecular formula is C17H17ClN2O3. The molecule has 0 spiro atoms. The minimum absolute atomic E-state index is 0.0857. The van der Waals surface area contributed by atoms with E-state index in [-0.39, 0.29) is 18.4 Å². The summed E-state index contributed by atoms with van der Waals surface area (Å²) in [7, 11) is 1.54. The summed E-state index contributed by atoms with van der Waals surface area (Å²) in [6.07, 6.45) is 0. The fourth-order valence-electron chi connectivity index (χ4n) is 1.94. The topological polar surface area (TPSA) is 67.4 Å². The van der Waals surface area contributed by atoms with Crippen LogP contribution in [-0.2, 0) is 11.3 Å². The average molecular weight is 333 g/mol. The molecule has 120 valence electrons. The number of benzene rings is 2. The van der Waals surface area contributed by atoms with Crippen molar-refractivity contribution in [2.24, 2.45) is 0 Å². The van der Waals surface area contributed by atoms with Crippen molar-refractivity contribution in [3.63, 3.8) is 0 Å². The van der Waals surface area contributed by atoms with Crippen LogP contribution in [0.2, 0.25) is 5.02 Å². The van der Waals surface area contributed by atoms with Crippen LogP contribution in [0.4, 0.5) is 0 Å². The highest BCUT2D eigenvalue weighted by molar-refractivity contribution is 6.32. The van der Waals surface area contributed by atoms with Crippen LogP contribution < -0.4 is 15.4 Å². The monoisotopic (exact) mass is 332 g/mol. The molecule has 2 N–H and O–H groups in total. The summed E-state index contributed by atoms with van der Waals surface area (Å²) in [4.78, 5) is 23.6. The Kier molecular flexibility index (Phi) is 6.00. The number of rotatable bonds is 6. The molecule has 6 heteroatoms. The largest absolute Gasteiger partial charge is 0.495 e. The number of nitrogens with one attached hydrogen (secondary N) is 2. The lowest BCUT2D eigenvalue weighted by atomic mass is 10.2. The van der Waals surface area contributed by atoms with Crippen LogP contribution >= 0.6 is 11.6 Å². The van der Waals surface area contributed by atoms with Crippen LogP contribution in [0.3, 0.4) is 0 Å². The van der Waals surface area contributed by atoms with Gasteiger partial charge in [0.25, 0.3) is 5.91 Å². The van der Waals surface area contributed by atoms with E-state index in [4.69, 9.17) is 16.3 Å². The molecule has 0 aliphatic carbocycles. The van der Waals surface area contributed by atoms with Crippen molar-refractivity contribution in [3.8, 4) is 5.75 Å². The fourth-order valence-corrected chi connectivity index (χ4v) is 2.22. The highest BCUT2D eigenvalue weighted by atomic mass is 35.5. The zero-order valence-electron chi connectivity index (χ0n) is 12.6. The molecule has 2 aromatic rings. The van der Waals surface area contributed by atoms with E-state index >= 15 is 0 Å². The van der Waals surface area contributed by atoms with E-state index in [0.29, 0.717) is 22.9 Å². The third kappa shape index (κ3) is 5.00. The van der Waals surface area contributed by atoms with Gasteiger partial charge in [-0.15, -0.1) is 0 Å². The standard InChI is InChI=1S/C17H17ClN2O3/c1-23-15-8-7-12(9-14(15)18)10-19-16(21)11-20-17(22)13-5-3-2-4-6-13/h2-9H,10-11H2,1H3,(H,19,21)(H,20,22). The van der Waals surface area contributed by atoms with E-state index in [1.54, 1.807) is 36.4 Å². The first-order valence-electron chi connectivity index (χ1n) is 7.02. The summed E-state index contributed by atoms with van der Waals surface area (Å²) in [5, 5.41) is 5.77. The molecule has 0 saturated heterocycles. The number of carbonyl (C=O) groups excluding carboxylic acids is 2. The highest BCUT2D eigenvalue weighted by Gasteiger charge is 2.08. The van der Waals surface area contributed by atoms with Crippen molar-refractivity contribution in [3.05, 3.63) is 64.7 Å². The number of carbonyl (C=O) groups is 2. The molecule has 0 atom stereocenters. The lowest BCUT2D eigenvalue weighted by Gasteiger charge is -2.09. The maximum Gasteiger partial charge on any atom is 0.251 e. The molecule has 2 rings (SSSR count). The van der Waals surface area contributed by atoms with Crippen LogP contribution in [0.5, 0.6) is 5.75 Å². The van der Waals surface area contributed by atoms with Gasteiger partial charge in [0, 0.05) is 12.1 Å². The Balaban J connectivity index is 1.79. The van der Waals surface area contributed by atoms with Crippen LogP contribution in [0.15, 0.2) is 48.5 Å². The maximum atomic E-state index is 11.8. The van der Waals surface area contributed by atoms with Gasteiger partial charge in [-0.05, 0) is 29.8 Å². The quantitative estimate of drug-likeness (QED) is 0.853. The number of methoxy groups -OCH3 is 1. The van der Waals surface area contributed by atoms with Crippen molar-refractivity contribution in [2.45, 2.75) is 6.54 Å². The molecule has 0 heterocycles. The second-order valence-electron chi connectivity index (χ2n) is 4.79. The summed E-state index contributed by atoms with van der Waals surface area (Å²) in [6, 6.07) is 14.0. The van der Waals surface area contributed by atoms with Crippen molar-refractivity contribution in [1.82, 2.24) is 10.6 Å². The van der Waals surface area contributed by atoms with Crippen molar-refractivity contribution in [2.75, 3.05) is 13.7 Å². The third-order valence-electron chi connectivity index (χ3n) is 3.15. The lowest BCUT2D eigenvalue weighted by molar-refractivity contribution is -0.120. The Labute approximate surface area is 139 Å². The second kappa shape index (κ2) is 8.19. The van der Waals surface area contributed by atoms with Crippen LogP contribution in [0.25, 0.3) is 0 Å². The average Bonchev–Trinajstić information content (AvgIpc) is 2.58. The van der Waals surface area contributed by atoms with Gasteiger partial charge in [0.1, 0.15) is 5.75 Å². The predicted molar refractivity (Wildman–Crippen MR) is 88.6 cm³/mol. The lowest BCUT2D eigenvalue weighted by Crippen LogP contribution is -2.36. The number of amides is 2. The van der Waals surface area contributed by atoms with Gasteiger partial charge in [0.2, 0.25) is 5.91 Å². The Bertz CT molecular complexity index is 689. The second-order valence-corrected chi connectivity index (χ2v) is 5.20. The van der Waals surface area contributed by atoms with Crippen molar-refractivity contribution in [1.29, 1.82) is 0 Å². The molecule has 0 unspecified atom stereocenters. The zero-order valence-corrected chi connectivity index (χ0v) is 13.4. The third-order valence-corrected chi connectivity index (χ3v) is 3.45. The fraction of sp³-hybridized carbons (Fsp3) is 0.176. The SMILES string of the molecule is COc1ccc(CNC(=O)CNC(=O)c2ccccc2)cc1Cl. The first kappa shape index (κ1) is 16.8. The minimum atomic E-state index is -0.284. The minimum Gasteiger partial charge on any atom is -0.495 e. The molecule has 5 nitrogen and oxygen atoms in total. The van der Waals surface area contributed by atoms with E-state index in [2.05, 4.69) is 10.6 Å². The van der Waals surface area contributed by atoms with Gasteiger partial charge in [0.15, 0.2) is 0 Å². The molecule has 0 bridgehead atoms. The van der Waals surface area contributed by atoms with Gasteiger partial charge in [-0.2, -0.15) is 0 Å². The number of ether oxygens (including phenoxy) is 1. The normalized spacial score (nSPS) is 10.0. The highest BCUT2D eigenvalue weighted by Crippen LogP contribution is 2.24. The van der Waals surface area contributed by atoms with Gasteiger partial charge in [-0.25, -0.2) is 0 Å². The zero-order chi connectivity index (χ0) is 16.7. The first-order chi connectivity index (χ1) is 11.1. The van der Waals surface area contributed by atoms with Crippen LogP contribution in [0.1, 0.15) is 15.9 Å². The molecule has 0 aromatic heterocycles. The molecule has 0 aliphatic heterocycles. The smallest absolute Gasteiger partial charge is 0.251 e. The molecule has 0 aliphatic rings. The van der Waals surface area contributed by atoms with E-state index in [1.807, 2.05) is 12.1 Å². The summed E-state index contributed by atoms with van der Waals surface area (Å²) in [5.41, 5.74) is 1.36. The van der Waals surface area contributed by atoms with Crippen molar-refractivity contribution < 1.29 is 14.3 Å². The molecule has 0 fully saturated rings. The Morgan fingerprint density at radius 3 is 2.48 bits per heavy atom. The summed E-state index contributed by atoms with van der Waals surface area (Å²) >= 11 is 6.02. The summed E-state index contributed by atoms with van der Waals surface area (Å²) < 4.78 is 5.07. The maximum absolute atomic E-state index is 11.8. The van der Waals surface area contributed by atoms with E-state index in [0.717, 1.165) is 5.56 Å². The molecule has 23 heavy (non-hydrogen) atoms. The first-order valence-corrected chi connectivity index (χ1v) is 7.40. The van der Waals surface area contributed by atoms with E-state index in [9.17, 15) is 9.59 Å². The van der Waals surface area contributed by atoms with Gasteiger partial charge in [0.05, 0.1) is 18.7 Å². The van der Waals surface area contributed by atoms with Crippen LogP contribution in [0, 0.1) is 0 Å². The van der Waals surface area contributed by atoms with Gasteiger partial charge >= 0.3 is 0 Å². The molecule has 0 saturated carbocycles. The number of hydrogen-bond acceptors (Lipinski definition) is 3. The predicted octanol–water partition coefficient (Wildman–Crippen LogP) is 2.39. The van der Waals surface area contributed by atoms with E-state index in [1.165, 1.54) is 7.11 Å². The Morgan fingerprint density at radius 2 is 1.83 bits per heavy atom. The van der Waals surface area contributed by atoms with Crippen molar-refractivity contribution >= 4 is 23.4 Å². The molecule has 2 aromatic carbocycles. The summed E-state index contributed by atoms with van der Waals surface area (Å²) in [5.74, 6) is 0.0198. The van der Waals surface area contributed by atoms with Gasteiger partial charge < -0.3 is 15.4 Å². The van der Waals surface area contributed by atoms with Crippen LogP contribution in [-0.4, -0.2) is 25.5 Å². The van der Waals surface area contributed by atoms with Gasteiger partial charge in [-0.1, -0.05) is 35.9 Å². The summed E-state index contributed by atoms with van der Waals surface area (Å²) in [6.45, 7) is 0.237.